The Balaban J connectivity index is 1.73. The summed E-state index contributed by atoms with van der Waals surface area (Å²) < 4.78 is 41.9. The van der Waals surface area contributed by atoms with Crippen molar-refractivity contribution in [3.8, 4) is 17.0 Å². The van der Waals surface area contributed by atoms with E-state index in [2.05, 4.69) is 25.4 Å². The molecule has 1 atom stereocenters. The fraction of sp³-hybridized carbons (Fsp3) is 0.389. The average molecular weight is 409 g/mol. The van der Waals surface area contributed by atoms with Crippen molar-refractivity contribution in [2.24, 2.45) is 0 Å². The highest BCUT2D eigenvalue weighted by Gasteiger charge is 2.38. The van der Waals surface area contributed by atoms with Crippen LogP contribution in [-0.2, 0) is 6.18 Å². The molecule has 3 heterocycles. The van der Waals surface area contributed by atoms with Gasteiger partial charge in [0.25, 0.3) is 0 Å². The fourth-order valence-electron chi connectivity index (χ4n) is 3.45. The number of aromatic nitrogens is 3. The van der Waals surface area contributed by atoms with E-state index in [0.29, 0.717) is 11.9 Å². The van der Waals surface area contributed by atoms with E-state index in [0.717, 1.165) is 24.1 Å². The minimum absolute atomic E-state index is 0.0388. The maximum Gasteiger partial charge on any atom is 0.435 e. The number of rotatable bonds is 3. The molecule has 1 saturated heterocycles. The summed E-state index contributed by atoms with van der Waals surface area (Å²) >= 11 is 1.39. The Morgan fingerprint density at radius 2 is 2.07 bits per heavy atom. The predicted octanol–water partition coefficient (Wildman–Crippen LogP) is 3.98. The Labute approximate surface area is 163 Å². The summed E-state index contributed by atoms with van der Waals surface area (Å²) in [6.45, 7) is 1.65. The SMILES string of the molecule is CN1CCC[C@@H](Nc2nnc(-c3ccc4sccc4c3O)c(C(F)(F)F)n2)C1. The number of thiophene rings is 1. The van der Waals surface area contributed by atoms with Crippen molar-refractivity contribution in [3.05, 3.63) is 29.3 Å². The molecule has 2 aromatic heterocycles. The molecule has 0 bridgehead atoms. The topological polar surface area (TPSA) is 74.2 Å². The second kappa shape index (κ2) is 7.17. The van der Waals surface area contributed by atoms with Crippen molar-refractivity contribution in [2.45, 2.75) is 25.1 Å². The van der Waals surface area contributed by atoms with Crippen LogP contribution in [-0.4, -0.2) is 51.4 Å². The van der Waals surface area contributed by atoms with Crippen molar-refractivity contribution >= 4 is 27.4 Å². The highest BCUT2D eigenvalue weighted by atomic mass is 32.1. The third-order valence-corrected chi connectivity index (χ3v) is 5.66. The van der Waals surface area contributed by atoms with Crippen LogP contribution >= 0.6 is 11.3 Å². The molecule has 0 saturated carbocycles. The quantitative estimate of drug-likeness (QED) is 0.682. The third-order valence-electron chi connectivity index (χ3n) is 4.77. The first-order valence-electron chi connectivity index (χ1n) is 8.79. The van der Waals surface area contributed by atoms with Crippen LogP contribution in [0.1, 0.15) is 18.5 Å². The van der Waals surface area contributed by atoms with E-state index in [9.17, 15) is 18.3 Å². The van der Waals surface area contributed by atoms with Crippen LogP contribution in [0.2, 0.25) is 0 Å². The molecule has 3 aromatic rings. The number of nitrogens with one attached hydrogen (secondary N) is 1. The molecule has 0 radical (unpaired) electrons. The molecule has 6 nitrogen and oxygen atoms in total. The van der Waals surface area contributed by atoms with Gasteiger partial charge in [-0.1, -0.05) is 0 Å². The number of nitrogens with zero attached hydrogens (tertiary/aromatic N) is 4. The van der Waals surface area contributed by atoms with E-state index in [-0.39, 0.29) is 23.3 Å². The number of piperidine rings is 1. The summed E-state index contributed by atoms with van der Waals surface area (Å²) in [5, 5.41) is 23.3. The summed E-state index contributed by atoms with van der Waals surface area (Å²) in [4.78, 5) is 5.81. The number of anilines is 1. The lowest BCUT2D eigenvalue weighted by atomic mass is 10.1. The van der Waals surface area contributed by atoms with Gasteiger partial charge in [0.05, 0.1) is 0 Å². The maximum atomic E-state index is 13.7. The third kappa shape index (κ3) is 3.61. The molecular formula is C18H18F3N5OS. The minimum Gasteiger partial charge on any atom is -0.507 e. The molecule has 0 spiro atoms. The van der Waals surface area contributed by atoms with Crippen molar-refractivity contribution in [3.63, 3.8) is 0 Å². The lowest BCUT2D eigenvalue weighted by Gasteiger charge is -2.30. The molecule has 1 aliphatic rings. The van der Waals surface area contributed by atoms with Gasteiger partial charge in [-0.2, -0.15) is 13.2 Å². The van der Waals surface area contributed by atoms with Crippen LogP contribution in [0.5, 0.6) is 5.75 Å². The predicted molar refractivity (Wildman–Crippen MR) is 101 cm³/mol. The molecule has 4 rings (SSSR count). The van der Waals surface area contributed by atoms with Gasteiger partial charge >= 0.3 is 6.18 Å². The Bertz CT molecular complexity index is 1010. The second-order valence-corrected chi connectivity index (χ2v) is 7.82. The minimum atomic E-state index is -4.74. The van der Waals surface area contributed by atoms with Crippen LogP contribution in [0.25, 0.3) is 21.3 Å². The lowest BCUT2D eigenvalue weighted by Crippen LogP contribution is -2.40. The molecule has 28 heavy (non-hydrogen) atoms. The monoisotopic (exact) mass is 409 g/mol. The molecule has 148 valence electrons. The highest BCUT2D eigenvalue weighted by molar-refractivity contribution is 7.17. The number of phenolic OH excluding ortho intramolecular Hbond substituents is 1. The van der Waals surface area contributed by atoms with Crippen LogP contribution < -0.4 is 5.32 Å². The zero-order valence-corrected chi connectivity index (χ0v) is 15.8. The van der Waals surface area contributed by atoms with E-state index in [1.807, 2.05) is 7.05 Å². The second-order valence-electron chi connectivity index (χ2n) is 6.87. The van der Waals surface area contributed by atoms with Crippen molar-refractivity contribution < 1.29 is 18.3 Å². The number of alkyl halides is 3. The largest absolute Gasteiger partial charge is 0.507 e. The van der Waals surface area contributed by atoms with E-state index < -0.39 is 17.6 Å². The molecule has 1 aliphatic heterocycles. The van der Waals surface area contributed by atoms with Gasteiger partial charge in [-0.15, -0.1) is 21.5 Å². The molecule has 1 aromatic carbocycles. The van der Waals surface area contributed by atoms with Crippen LogP contribution in [0.4, 0.5) is 19.1 Å². The standard InChI is InChI=1S/C18H18F3N5OS/c1-26-7-2-3-10(9-26)22-17-23-16(18(19,20)21)14(24-25-17)12-4-5-13-11(15(12)27)6-8-28-13/h4-6,8,10,27H,2-3,7,9H2,1H3,(H,22,23,25)/t10-/m1/s1. The van der Waals surface area contributed by atoms with Gasteiger partial charge in [-0.3, -0.25) is 0 Å². The normalized spacial score (nSPS) is 18.5. The number of fused-ring (bicyclic) bond motifs is 1. The summed E-state index contributed by atoms with van der Waals surface area (Å²) in [6.07, 6.45) is -2.96. The Morgan fingerprint density at radius 3 is 2.82 bits per heavy atom. The Kier molecular flexibility index (Phi) is 4.84. The van der Waals surface area contributed by atoms with E-state index >= 15 is 0 Å². The molecular weight excluding hydrogens is 391 g/mol. The molecule has 0 amide bonds. The number of aromatic hydroxyl groups is 1. The van der Waals surface area contributed by atoms with Crippen LogP contribution in [0, 0.1) is 0 Å². The van der Waals surface area contributed by atoms with Gasteiger partial charge in [-0.05, 0) is 50.0 Å². The zero-order chi connectivity index (χ0) is 19.9. The summed E-state index contributed by atoms with van der Waals surface area (Å²) in [6, 6.07) is 4.69. The van der Waals surface area contributed by atoms with Crippen LogP contribution in [0.15, 0.2) is 23.6 Å². The summed E-state index contributed by atoms with van der Waals surface area (Å²) in [5.74, 6) is -0.414. The number of likely N-dealkylation sites (tertiary alicyclic amines) is 1. The van der Waals surface area contributed by atoms with E-state index in [4.69, 9.17) is 0 Å². The number of halogens is 3. The lowest BCUT2D eigenvalue weighted by molar-refractivity contribution is -0.140. The summed E-state index contributed by atoms with van der Waals surface area (Å²) in [7, 11) is 1.96. The number of benzene rings is 1. The molecule has 10 heteroatoms. The molecule has 0 unspecified atom stereocenters. The first-order valence-corrected chi connectivity index (χ1v) is 9.67. The van der Waals surface area contributed by atoms with Gasteiger partial charge < -0.3 is 15.3 Å². The van der Waals surface area contributed by atoms with Gasteiger partial charge in [-0.25, -0.2) is 4.98 Å². The Hall–Kier alpha value is -2.46. The van der Waals surface area contributed by atoms with Gasteiger partial charge in [0.1, 0.15) is 11.4 Å². The highest BCUT2D eigenvalue weighted by Crippen LogP contribution is 2.41. The van der Waals surface area contributed by atoms with Gasteiger partial charge in [0.2, 0.25) is 5.95 Å². The van der Waals surface area contributed by atoms with Crippen molar-refractivity contribution in [1.29, 1.82) is 0 Å². The van der Waals surface area contributed by atoms with E-state index in [1.54, 1.807) is 17.5 Å². The molecule has 2 N–H and O–H groups in total. The fourth-order valence-corrected chi connectivity index (χ4v) is 4.24. The van der Waals surface area contributed by atoms with E-state index in [1.165, 1.54) is 17.4 Å². The first kappa shape index (κ1) is 18.9. The summed E-state index contributed by atoms with van der Waals surface area (Å²) in [5.41, 5.74) is -1.69. The molecule has 1 fully saturated rings. The van der Waals surface area contributed by atoms with Crippen molar-refractivity contribution in [1.82, 2.24) is 20.1 Å². The smallest absolute Gasteiger partial charge is 0.435 e. The maximum absolute atomic E-state index is 13.7. The van der Waals surface area contributed by atoms with Gasteiger partial charge in [0, 0.05) is 28.2 Å². The number of likely N-dealkylation sites (N-methyl/N-ethyl adjacent to an activating group) is 1. The van der Waals surface area contributed by atoms with Crippen molar-refractivity contribution in [2.75, 3.05) is 25.5 Å². The number of phenols is 1. The molecule has 0 aliphatic carbocycles. The van der Waals surface area contributed by atoms with Gasteiger partial charge in [0.15, 0.2) is 5.69 Å². The Morgan fingerprint density at radius 1 is 1.25 bits per heavy atom. The average Bonchev–Trinajstić information content (AvgIpc) is 3.11. The first-order chi connectivity index (χ1) is 13.3. The number of hydrogen-bond donors (Lipinski definition) is 2. The van der Waals surface area contributed by atoms with Crippen LogP contribution in [0.3, 0.4) is 0 Å². The zero-order valence-electron chi connectivity index (χ0n) is 15.0. The number of hydrogen-bond acceptors (Lipinski definition) is 7.